The predicted octanol–water partition coefficient (Wildman–Crippen LogP) is 20.4. The molecule has 24 rings (SSSR count). The van der Waals surface area contributed by atoms with Crippen molar-refractivity contribution >= 4 is 185 Å². The van der Waals surface area contributed by atoms with Crippen molar-refractivity contribution in [2.24, 2.45) is 42.3 Å². The zero-order chi connectivity index (χ0) is 74.6. The largest absolute Gasteiger partial charge is 0.456 e. The number of para-hydroxylation sites is 2. The van der Waals surface area contributed by atoms with E-state index in [-0.39, 0.29) is 0 Å². The summed E-state index contributed by atoms with van der Waals surface area (Å²) >= 11 is 1.86. The van der Waals surface area contributed by atoms with Crippen LogP contribution in [-0.4, -0.2) is 87.2 Å². The van der Waals surface area contributed by atoms with Gasteiger partial charge in [-0.05, 0) is 121 Å². The van der Waals surface area contributed by atoms with E-state index in [9.17, 15) is 0 Å². The van der Waals surface area contributed by atoms with Crippen LogP contribution in [0.1, 0.15) is 0 Å². The van der Waals surface area contributed by atoms with Gasteiger partial charge in [-0.25, -0.2) is 0 Å². The van der Waals surface area contributed by atoms with Gasteiger partial charge in [0.2, 0.25) is 0 Å². The van der Waals surface area contributed by atoms with Crippen LogP contribution in [0.3, 0.4) is 0 Å². The molecule has 20 heteroatoms. The fraction of sp³-hybridized carbons (Fsp3) is 0.0667. The van der Waals surface area contributed by atoms with E-state index >= 15 is 0 Å². The third-order valence-corrected chi connectivity index (χ3v) is 21.2. The number of thiophene rings is 1. The summed E-state index contributed by atoms with van der Waals surface area (Å²) in [5.74, 6) is 0. The number of pyridine rings is 12. The summed E-state index contributed by atoms with van der Waals surface area (Å²) in [6.45, 7) is 0. The highest BCUT2D eigenvalue weighted by atomic mass is 32.1. The third-order valence-electron chi connectivity index (χ3n) is 20.0. The van der Waals surface area contributed by atoms with Gasteiger partial charge in [0.05, 0.1) is 95.8 Å². The van der Waals surface area contributed by atoms with Gasteiger partial charge in [-0.1, -0.05) is 72.8 Å². The lowest BCUT2D eigenvalue weighted by molar-refractivity contribution is 0.669. The molecule has 0 unspecified atom stereocenters. The first-order valence-corrected chi connectivity index (χ1v) is 36.5. The maximum atomic E-state index is 5.65. The van der Waals surface area contributed by atoms with Crippen molar-refractivity contribution in [1.29, 1.82) is 0 Å². The number of aromatic nitrogens is 18. The fourth-order valence-electron chi connectivity index (χ4n) is 14.6. The van der Waals surface area contributed by atoms with E-state index < -0.39 is 0 Å². The quantitative estimate of drug-likeness (QED) is 0.139. The standard InChI is InChI=1S/C12H8O.C12H8S.6C11H9N3/c2*1-3-7-11-9(5-1)10-6-2-4-8-12(10)13-11;1-14-10-2-4-12-6-8(10)9-7-13-5-3-11(9)14;2*1-14-10-3-5-12-6-9(10)8-2-4-13-7-11(8)14;1-14-8-4-2-6-12-10(8)11-9(14)5-3-7-13-11;1-14-9-4-6-12-7-8(9)11-10(14)3-2-5-13-11;1-14-9-3-2-5-13-11(9)8-4-6-12-7-10(8)14/h2*1-8H;6*2-7H,1H3. The Kier molecular flexibility index (Phi) is 18.8. The van der Waals surface area contributed by atoms with Crippen molar-refractivity contribution in [2.75, 3.05) is 0 Å². The molecule has 0 spiro atoms. The summed E-state index contributed by atoms with van der Waals surface area (Å²) in [5, 5.41) is 14.6. The van der Waals surface area contributed by atoms with Crippen molar-refractivity contribution in [1.82, 2.24) is 87.2 Å². The Morgan fingerprint density at radius 3 is 0.900 bits per heavy atom. The summed E-state index contributed by atoms with van der Waals surface area (Å²) in [6, 6.07) is 65.6. The lowest BCUT2D eigenvalue weighted by Gasteiger charge is -1.95. The smallest absolute Gasteiger partial charge is 0.135 e. The van der Waals surface area contributed by atoms with Gasteiger partial charge in [0.15, 0.2) is 0 Å². The summed E-state index contributed by atoms with van der Waals surface area (Å²) in [5.41, 5.74) is 19.9. The van der Waals surface area contributed by atoms with Gasteiger partial charge in [0, 0.05) is 222 Å². The van der Waals surface area contributed by atoms with E-state index in [2.05, 4.69) is 179 Å². The Balaban J connectivity index is 0.0000000916. The van der Waals surface area contributed by atoms with E-state index in [0.29, 0.717) is 0 Å². The molecule has 0 radical (unpaired) electrons. The van der Waals surface area contributed by atoms with Gasteiger partial charge in [-0.3, -0.25) is 59.8 Å². The van der Waals surface area contributed by atoms with Crippen LogP contribution in [0.25, 0.3) is 173 Å². The second kappa shape index (κ2) is 30.2. The third kappa shape index (κ3) is 12.9. The molecular weight excluding hydrogens is 1380 g/mol. The first-order chi connectivity index (χ1) is 54.2. The van der Waals surface area contributed by atoms with Crippen LogP contribution < -0.4 is 0 Å². The van der Waals surface area contributed by atoms with E-state index in [4.69, 9.17) is 4.42 Å². The predicted molar refractivity (Wildman–Crippen MR) is 449 cm³/mol. The maximum absolute atomic E-state index is 5.65. The molecule has 532 valence electrons. The van der Waals surface area contributed by atoms with E-state index in [1.165, 1.54) is 80.1 Å². The first kappa shape index (κ1) is 68.6. The van der Waals surface area contributed by atoms with Crippen molar-refractivity contribution in [3.63, 3.8) is 0 Å². The topological polar surface area (TPSA) is 197 Å². The van der Waals surface area contributed by atoms with Crippen LogP contribution in [0.2, 0.25) is 0 Å². The minimum atomic E-state index is 0.962. The van der Waals surface area contributed by atoms with Crippen LogP contribution in [0, 0.1) is 0 Å². The second-order valence-corrected chi connectivity index (χ2v) is 27.3. The highest BCUT2D eigenvalue weighted by molar-refractivity contribution is 7.25. The van der Waals surface area contributed by atoms with Crippen molar-refractivity contribution in [2.45, 2.75) is 0 Å². The number of benzene rings is 4. The molecule has 0 saturated heterocycles. The van der Waals surface area contributed by atoms with Crippen molar-refractivity contribution < 1.29 is 4.42 Å². The lowest BCUT2D eigenvalue weighted by Crippen LogP contribution is -1.86. The monoisotopic (exact) mass is 1450 g/mol. The Morgan fingerprint density at radius 1 is 0.200 bits per heavy atom. The summed E-state index contributed by atoms with van der Waals surface area (Å²) in [4.78, 5) is 50.5. The number of nitrogens with zero attached hydrogens (tertiary/aromatic N) is 18. The summed E-state index contributed by atoms with van der Waals surface area (Å²) in [7, 11) is 12.3. The van der Waals surface area contributed by atoms with Gasteiger partial charge in [-0.15, -0.1) is 11.3 Å². The Bertz CT molecular complexity index is 6050. The molecule has 0 aliphatic rings. The molecular formula is C90H70N18OS. The zero-order valence-electron chi connectivity index (χ0n) is 60.9. The number of hydrogen-bond acceptors (Lipinski definition) is 14. The van der Waals surface area contributed by atoms with Crippen LogP contribution in [0.15, 0.2) is 322 Å². The van der Waals surface area contributed by atoms with Crippen LogP contribution in [-0.2, 0) is 42.3 Å². The van der Waals surface area contributed by atoms with Gasteiger partial charge in [0.25, 0.3) is 0 Å². The second-order valence-electron chi connectivity index (χ2n) is 26.2. The number of hydrogen-bond donors (Lipinski definition) is 0. The van der Waals surface area contributed by atoms with E-state index in [1.54, 1.807) is 24.8 Å². The van der Waals surface area contributed by atoms with Crippen LogP contribution >= 0.6 is 11.3 Å². The number of fused-ring (bicyclic) bond motifs is 24. The van der Waals surface area contributed by atoms with Gasteiger partial charge < -0.3 is 31.8 Å². The molecule has 0 bridgehead atoms. The Morgan fingerprint density at radius 2 is 0.473 bits per heavy atom. The average Bonchev–Trinajstić information content (AvgIpc) is 1.64. The van der Waals surface area contributed by atoms with E-state index in [1.807, 2.05) is 255 Å². The van der Waals surface area contributed by atoms with Crippen LogP contribution in [0.4, 0.5) is 0 Å². The molecule has 0 amide bonds. The highest BCUT2D eigenvalue weighted by Crippen LogP contribution is 2.35. The molecule has 0 fully saturated rings. The Hall–Kier alpha value is -14.5. The summed E-state index contributed by atoms with van der Waals surface area (Å²) < 4.78 is 21.2. The lowest BCUT2D eigenvalue weighted by atomic mass is 10.2. The van der Waals surface area contributed by atoms with Gasteiger partial charge >= 0.3 is 0 Å². The minimum Gasteiger partial charge on any atom is -0.456 e. The fourth-order valence-corrected chi connectivity index (χ4v) is 15.7. The van der Waals surface area contributed by atoms with Gasteiger partial charge in [0.1, 0.15) is 22.2 Å². The molecule has 110 heavy (non-hydrogen) atoms. The van der Waals surface area contributed by atoms with Crippen molar-refractivity contribution in [3.05, 3.63) is 318 Å². The zero-order valence-corrected chi connectivity index (χ0v) is 61.7. The average molecular weight is 1450 g/mol. The number of rotatable bonds is 0. The molecule has 0 saturated carbocycles. The molecule has 20 aromatic heterocycles. The summed E-state index contributed by atoms with van der Waals surface area (Å²) in [6.07, 6.45) is 36.8. The molecule has 0 atom stereocenters. The van der Waals surface area contributed by atoms with Gasteiger partial charge in [-0.2, -0.15) is 0 Å². The Labute approximate surface area is 633 Å². The molecule has 0 aliphatic carbocycles. The number of furan rings is 1. The maximum Gasteiger partial charge on any atom is 0.135 e. The molecule has 0 aliphatic heterocycles. The molecule has 4 aromatic carbocycles. The van der Waals surface area contributed by atoms with E-state index in [0.717, 1.165) is 93.4 Å². The molecule has 19 nitrogen and oxygen atoms in total. The first-order valence-electron chi connectivity index (χ1n) is 35.7. The normalized spacial score (nSPS) is 11.2. The van der Waals surface area contributed by atoms with Crippen molar-refractivity contribution in [3.8, 4) is 0 Å². The molecule has 24 aromatic rings. The SMILES string of the molecule is Cn1c2cccnc2c2ncccc21.Cn1c2ccncc2c2ccncc21.Cn1c2ccncc2c2ccncc21.Cn1c2ccncc2c2cnccc21.Cn1c2ccncc2c2ncccc21.Cn1c2cnccc2c2ncccc21.c1ccc2c(c1)oc1ccccc12.c1ccc2c(c1)sc1ccccc12. The van der Waals surface area contributed by atoms with Crippen LogP contribution in [0.5, 0.6) is 0 Å². The molecule has 20 heterocycles. The molecule has 0 N–H and O–H groups in total. The number of aryl methyl sites for hydroxylation is 6. The highest BCUT2D eigenvalue weighted by Gasteiger charge is 2.14. The minimum absolute atomic E-state index is 0.962.